The number of para-hydroxylation sites is 1. The Morgan fingerprint density at radius 3 is 2.07 bits per heavy atom. The molecule has 0 saturated carbocycles. The number of rotatable bonds is 7. The maximum Gasteiger partial charge on any atom is 0.418 e. The van der Waals surface area contributed by atoms with Gasteiger partial charge >= 0.3 is 6.18 Å². The molecule has 0 fully saturated rings. The molecular formula is C19H20F4N3O2+. The second-order valence-corrected chi connectivity index (χ2v) is 6.10. The van der Waals surface area contributed by atoms with Gasteiger partial charge in [-0.05, 0) is 43.3 Å². The number of halogens is 4. The minimum Gasteiger partial charge on any atom is -0.321 e. The Hall–Kier alpha value is -2.94. The predicted octanol–water partition coefficient (Wildman–Crippen LogP) is 2.33. The average Bonchev–Trinajstić information content (AvgIpc) is 2.62. The molecule has 0 heterocycles. The van der Waals surface area contributed by atoms with Crippen molar-refractivity contribution < 1.29 is 32.1 Å². The number of hydrogen-bond donors (Lipinski definition) is 3. The number of benzene rings is 2. The lowest BCUT2D eigenvalue weighted by atomic mass is 10.1. The largest absolute Gasteiger partial charge is 0.418 e. The lowest BCUT2D eigenvalue weighted by Gasteiger charge is -2.18. The van der Waals surface area contributed by atoms with Gasteiger partial charge < -0.3 is 15.5 Å². The molecule has 2 rings (SSSR count). The van der Waals surface area contributed by atoms with Crippen LogP contribution in [0, 0.1) is 5.82 Å². The number of nitrogens with one attached hydrogen (secondary N) is 3. The molecule has 0 bridgehead atoms. The second kappa shape index (κ2) is 9.32. The van der Waals surface area contributed by atoms with E-state index in [4.69, 9.17) is 0 Å². The third kappa shape index (κ3) is 6.34. The first-order valence-electron chi connectivity index (χ1n) is 8.54. The van der Waals surface area contributed by atoms with Gasteiger partial charge in [-0.1, -0.05) is 12.1 Å². The van der Waals surface area contributed by atoms with Gasteiger partial charge in [0, 0.05) is 5.69 Å². The van der Waals surface area contributed by atoms with E-state index in [1.54, 1.807) is 6.92 Å². The molecular weight excluding hydrogens is 378 g/mol. The van der Waals surface area contributed by atoms with Gasteiger partial charge in [0.25, 0.3) is 11.8 Å². The van der Waals surface area contributed by atoms with E-state index >= 15 is 0 Å². The van der Waals surface area contributed by atoms with E-state index in [1.165, 1.54) is 42.5 Å². The summed E-state index contributed by atoms with van der Waals surface area (Å²) in [5, 5.41) is 4.84. The molecule has 3 N–H and O–H groups in total. The number of alkyl halides is 3. The van der Waals surface area contributed by atoms with E-state index in [1.807, 2.05) is 0 Å². The standard InChI is InChI=1S/C19H19F4N3O2/c1-2-26(11-17(27)24-14-9-7-13(20)8-10-14)12-18(28)25-16-6-4-3-5-15(16)19(21,22)23/h3-10H,2,11-12H2,1H3,(H,24,27)(H,25,28)/p+1. The highest BCUT2D eigenvalue weighted by atomic mass is 19.4. The Morgan fingerprint density at radius 1 is 0.929 bits per heavy atom. The SMILES string of the molecule is CC[NH+](CC(=O)Nc1ccc(F)cc1)CC(=O)Nc1ccccc1C(F)(F)F. The van der Waals surface area contributed by atoms with Crippen molar-refractivity contribution in [2.45, 2.75) is 13.1 Å². The number of carbonyl (C=O) groups excluding carboxylic acids is 2. The van der Waals surface area contributed by atoms with E-state index in [0.717, 1.165) is 6.07 Å². The van der Waals surface area contributed by atoms with E-state index < -0.39 is 29.4 Å². The summed E-state index contributed by atoms with van der Waals surface area (Å²) < 4.78 is 51.9. The van der Waals surface area contributed by atoms with Crippen molar-refractivity contribution in [1.29, 1.82) is 0 Å². The Bertz CT molecular complexity index is 823. The Balaban J connectivity index is 1.94. The molecule has 9 heteroatoms. The summed E-state index contributed by atoms with van der Waals surface area (Å²) in [6.45, 7) is 1.91. The first-order chi connectivity index (χ1) is 13.2. The number of quaternary nitrogens is 1. The number of hydrogen-bond acceptors (Lipinski definition) is 2. The summed E-state index contributed by atoms with van der Waals surface area (Å²) in [5.41, 5.74) is -0.855. The quantitative estimate of drug-likeness (QED) is 0.627. The molecule has 0 spiro atoms. The zero-order chi connectivity index (χ0) is 20.7. The topological polar surface area (TPSA) is 62.6 Å². The Kier molecular flexibility index (Phi) is 7.11. The first kappa shape index (κ1) is 21.4. The lowest BCUT2D eigenvalue weighted by Crippen LogP contribution is -3.13. The normalized spacial score (nSPS) is 12.3. The smallest absolute Gasteiger partial charge is 0.321 e. The molecule has 150 valence electrons. The summed E-state index contributed by atoms with van der Waals surface area (Å²) in [6.07, 6.45) is -4.59. The molecule has 0 aliphatic rings. The van der Waals surface area contributed by atoms with Crippen LogP contribution in [0.2, 0.25) is 0 Å². The summed E-state index contributed by atoms with van der Waals surface area (Å²) in [4.78, 5) is 24.8. The number of likely N-dealkylation sites (N-methyl/N-ethyl adjacent to an activating group) is 1. The van der Waals surface area contributed by atoms with Crippen LogP contribution in [0.3, 0.4) is 0 Å². The fourth-order valence-corrected chi connectivity index (χ4v) is 2.54. The molecule has 1 atom stereocenters. The third-order valence-corrected chi connectivity index (χ3v) is 3.96. The van der Waals surface area contributed by atoms with Crippen LogP contribution in [-0.2, 0) is 15.8 Å². The minimum absolute atomic E-state index is 0.0672. The van der Waals surface area contributed by atoms with E-state index in [2.05, 4.69) is 10.6 Å². The monoisotopic (exact) mass is 398 g/mol. The van der Waals surface area contributed by atoms with Gasteiger partial charge in [0.2, 0.25) is 0 Å². The van der Waals surface area contributed by atoms with Crippen molar-refractivity contribution >= 4 is 23.2 Å². The zero-order valence-corrected chi connectivity index (χ0v) is 15.1. The van der Waals surface area contributed by atoms with Crippen LogP contribution >= 0.6 is 0 Å². The minimum atomic E-state index is -4.59. The highest BCUT2D eigenvalue weighted by molar-refractivity contribution is 5.93. The zero-order valence-electron chi connectivity index (χ0n) is 15.1. The second-order valence-electron chi connectivity index (χ2n) is 6.10. The molecule has 2 aromatic rings. The van der Waals surface area contributed by atoms with Gasteiger partial charge in [-0.3, -0.25) is 9.59 Å². The molecule has 0 aliphatic carbocycles. The van der Waals surface area contributed by atoms with Crippen molar-refractivity contribution in [3.05, 3.63) is 59.9 Å². The fourth-order valence-electron chi connectivity index (χ4n) is 2.54. The van der Waals surface area contributed by atoms with E-state index in [-0.39, 0.29) is 18.8 Å². The predicted molar refractivity (Wildman–Crippen MR) is 96.3 cm³/mol. The summed E-state index contributed by atoms with van der Waals surface area (Å²) in [7, 11) is 0. The van der Waals surface area contributed by atoms with Crippen molar-refractivity contribution in [2.75, 3.05) is 30.3 Å². The van der Waals surface area contributed by atoms with E-state index in [9.17, 15) is 27.2 Å². The third-order valence-electron chi connectivity index (χ3n) is 3.96. The Labute approximate surface area is 159 Å². The lowest BCUT2D eigenvalue weighted by molar-refractivity contribution is -0.881. The molecule has 5 nitrogen and oxygen atoms in total. The number of anilines is 2. The first-order valence-corrected chi connectivity index (χ1v) is 8.54. The summed E-state index contributed by atoms with van der Waals surface area (Å²) >= 11 is 0. The number of carbonyl (C=O) groups is 2. The van der Waals surface area contributed by atoms with Gasteiger partial charge in [-0.2, -0.15) is 13.2 Å². The highest BCUT2D eigenvalue weighted by Gasteiger charge is 2.33. The summed E-state index contributed by atoms with van der Waals surface area (Å²) in [6, 6.07) is 9.90. The van der Waals surface area contributed by atoms with Gasteiger partial charge in [-0.15, -0.1) is 0 Å². The van der Waals surface area contributed by atoms with Crippen LogP contribution in [0.15, 0.2) is 48.5 Å². The van der Waals surface area contributed by atoms with Crippen molar-refractivity contribution in [1.82, 2.24) is 0 Å². The van der Waals surface area contributed by atoms with Crippen LogP contribution in [0.25, 0.3) is 0 Å². The Morgan fingerprint density at radius 2 is 1.50 bits per heavy atom. The van der Waals surface area contributed by atoms with Crippen molar-refractivity contribution in [3.63, 3.8) is 0 Å². The van der Waals surface area contributed by atoms with Crippen LogP contribution in [0.1, 0.15) is 12.5 Å². The van der Waals surface area contributed by atoms with Gasteiger partial charge in [0.1, 0.15) is 5.82 Å². The molecule has 0 aromatic heterocycles. The average molecular weight is 398 g/mol. The molecule has 0 saturated heterocycles. The molecule has 2 amide bonds. The van der Waals surface area contributed by atoms with Gasteiger partial charge in [0.15, 0.2) is 13.1 Å². The van der Waals surface area contributed by atoms with Crippen LogP contribution in [0.4, 0.5) is 28.9 Å². The maximum absolute atomic E-state index is 13.0. The van der Waals surface area contributed by atoms with Crippen LogP contribution in [0.5, 0.6) is 0 Å². The van der Waals surface area contributed by atoms with Crippen molar-refractivity contribution in [3.8, 4) is 0 Å². The fraction of sp³-hybridized carbons (Fsp3) is 0.263. The van der Waals surface area contributed by atoms with Gasteiger partial charge in [0.05, 0.1) is 17.8 Å². The van der Waals surface area contributed by atoms with E-state index in [0.29, 0.717) is 17.1 Å². The highest BCUT2D eigenvalue weighted by Crippen LogP contribution is 2.34. The van der Waals surface area contributed by atoms with Crippen LogP contribution in [-0.4, -0.2) is 31.4 Å². The van der Waals surface area contributed by atoms with Crippen molar-refractivity contribution in [2.24, 2.45) is 0 Å². The number of amides is 2. The molecule has 0 aliphatic heterocycles. The molecule has 28 heavy (non-hydrogen) atoms. The molecule has 0 radical (unpaired) electrons. The maximum atomic E-state index is 13.0. The molecule has 1 unspecified atom stereocenters. The van der Waals surface area contributed by atoms with Gasteiger partial charge in [-0.25, -0.2) is 4.39 Å². The molecule has 2 aromatic carbocycles. The van der Waals surface area contributed by atoms with Crippen LogP contribution < -0.4 is 15.5 Å². The summed E-state index contributed by atoms with van der Waals surface area (Å²) in [5.74, 6) is -1.47.